The van der Waals surface area contributed by atoms with E-state index in [1.165, 1.54) is 64.6 Å². The maximum atomic E-state index is 6.06. The Bertz CT molecular complexity index is 397. The third kappa shape index (κ3) is 12.8. The fourth-order valence-corrected chi connectivity index (χ4v) is 8.03. The number of hydrogen-bond acceptors (Lipinski definition) is 5. The second-order valence-corrected chi connectivity index (χ2v) is 13.9. The van der Waals surface area contributed by atoms with Crippen LogP contribution in [0.25, 0.3) is 0 Å². The zero-order valence-corrected chi connectivity index (χ0v) is 25.9. The van der Waals surface area contributed by atoms with Gasteiger partial charge >= 0.3 is 8.56 Å². The summed E-state index contributed by atoms with van der Waals surface area (Å²) in [6.45, 7) is 26.7. The predicted octanol–water partition coefficient (Wildman–Crippen LogP) is 6.48. The van der Waals surface area contributed by atoms with Crippen molar-refractivity contribution in [3.8, 4) is 0 Å². The third-order valence-corrected chi connectivity index (χ3v) is 12.1. The molecule has 0 saturated heterocycles. The normalized spacial score (nSPS) is 13.1. The van der Waals surface area contributed by atoms with Crippen molar-refractivity contribution in [1.29, 1.82) is 0 Å². The second-order valence-electron chi connectivity index (χ2n) is 10.1. The Morgan fingerprint density at radius 3 is 1.09 bits per heavy atom. The molecule has 0 aliphatic rings. The molecule has 0 heterocycles. The molecule has 0 aliphatic carbocycles. The van der Waals surface area contributed by atoms with Gasteiger partial charge in [-0.3, -0.25) is 0 Å². The average Bonchev–Trinajstić information content (AvgIpc) is 2.88. The maximum absolute atomic E-state index is 6.06. The van der Waals surface area contributed by atoms with Crippen LogP contribution in [0.2, 0.25) is 12.1 Å². The minimum Gasteiger partial charge on any atom is -0.398 e. The van der Waals surface area contributed by atoms with Crippen LogP contribution in [0.15, 0.2) is 0 Å². The molecule has 0 N–H and O–H groups in total. The van der Waals surface area contributed by atoms with E-state index in [9.17, 15) is 0 Å². The summed E-state index contributed by atoms with van der Waals surface area (Å²) in [4.78, 5) is 7.77. The average molecular weight is 502 g/mol. The fraction of sp³-hybridized carbons (Fsp3) is 1.00. The third-order valence-electron chi connectivity index (χ3n) is 8.55. The van der Waals surface area contributed by atoms with Gasteiger partial charge in [-0.1, -0.05) is 48.5 Å². The van der Waals surface area contributed by atoms with E-state index in [0.717, 1.165) is 51.4 Å². The fourth-order valence-electron chi connectivity index (χ4n) is 5.61. The Hall–Kier alpha value is 0.0169. The van der Waals surface area contributed by atoms with Gasteiger partial charge in [-0.25, -0.2) is 0 Å². The zero-order valence-electron chi connectivity index (χ0n) is 24.9. The maximum Gasteiger partial charge on any atom is 0.337 e. The molecule has 0 fully saturated rings. The van der Waals surface area contributed by atoms with E-state index in [1.807, 2.05) is 14.2 Å². The summed E-state index contributed by atoms with van der Waals surface area (Å²) in [7, 11) is 1.67. The van der Waals surface area contributed by atoms with E-state index in [1.54, 1.807) is 0 Å². The first-order valence-corrected chi connectivity index (χ1v) is 16.9. The molecule has 34 heavy (non-hydrogen) atoms. The van der Waals surface area contributed by atoms with Gasteiger partial charge < -0.3 is 23.6 Å². The van der Waals surface area contributed by atoms with Crippen LogP contribution in [0.3, 0.4) is 0 Å². The molecule has 0 rings (SSSR count). The van der Waals surface area contributed by atoms with Gasteiger partial charge in [-0.05, 0) is 121 Å². The molecule has 0 saturated carbocycles. The zero-order chi connectivity index (χ0) is 25.9. The van der Waals surface area contributed by atoms with Crippen molar-refractivity contribution in [2.45, 2.75) is 106 Å². The van der Waals surface area contributed by atoms with Gasteiger partial charge in [0, 0.05) is 14.2 Å². The smallest absolute Gasteiger partial charge is 0.337 e. The SMILES string of the molecule is CCN(CC)CCCC(CCCN(CC)CC)(CCCN(CC)CC)CC[Si](CC)(OC)OC. The van der Waals surface area contributed by atoms with Crippen LogP contribution in [-0.2, 0) is 8.85 Å². The molecule has 6 heteroatoms. The Balaban J connectivity index is 5.62. The molecule has 0 atom stereocenters. The van der Waals surface area contributed by atoms with Crippen LogP contribution in [0.1, 0.15) is 93.4 Å². The standard InChI is InChI=1S/C28H63N3O2Si/c1-10-29(11-2)24-17-20-28(21-18-25-30(12-3)13-4,22-19-26-31(14-5)15-6)23-27-34(16-7,32-8)33-9/h10-27H2,1-9H3. The summed E-state index contributed by atoms with van der Waals surface area (Å²) in [5, 5.41) is 0. The quantitative estimate of drug-likeness (QED) is 0.141. The van der Waals surface area contributed by atoms with E-state index in [-0.39, 0.29) is 0 Å². The minimum atomic E-state index is -2.08. The van der Waals surface area contributed by atoms with Crippen LogP contribution in [0.4, 0.5) is 0 Å². The molecular weight excluding hydrogens is 438 g/mol. The monoisotopic (exact) mass is 501 g/mol. The first kappa shape index (κ1) is 34.0. The van der Waals surface area contributed by atoms with E-state index in [0.29, 0.717) is 5.41 Å². The summed E-state index contributed by atoms with van der Waals surface area (Å²) in [5.74, 6) is 0. The van der Waals surface area contributed by atoms with Crippen molar-refractivity contribution in [3.63, 3.8) is 0 Å². The number of nitrogens with zero attached hydrogens (tertiary/aromatic N) is 3. The van der Waals surface area contributed by atoms with Gasteiger partial charge in [0.05, 0.1) is 0 Å². The molecule has 0 aromatic heterocycles. The molecular formula is C28H63N3O2Si. The van der Waals surface area contributed by atoms with Crippen LogP contribution < -0.4 is 0 Å². The molecule has 0 aromatic carbocycles. The van der Waals surface area contributed by atoms with Crippen molar-refractivity contribution >= 4 is 8.56 Å². The largest absolute Gasteiger partial charge is 0.398 e. The second kappa shape index (κ2) is 20.1. The summed E-state index contributed by atoms with van der Waals surface area (Å²) in [6, 6.07) is 2.16. The van der Waals surface area contributed by atoms with Crippen molar-refractivity contribution < 1.29 is 8.85 Å². The minimum absolute atomic E-state index is 0.401. The van der Waals surface area contributed by atoms with Crippen LogP contribution in [0, 0.1) is 5.41 Å². The van der Waals surface area contributed by atoms with Gasteiger partial charge in [-0.15, -0.1) is 0 Å². The summed E-state index contributed by atoms with van der Waals surface area (Å²) < 4.78 is 12.1. The van der Waals surface area contributed by atoms with Crippen molar-refractivity contribution in [3.05, 3.63) is 0 Å². The highest BCUT2D eigenvalue weighted by Gasteiger charge is 2.38. The van der Waals surface area contributed by atoms with E-state index in [2.05, 4.69) is 63.2 Å². The molecule has 0 amide bonds. The van der Waals surface area contributed by atoms with Gasteiger partial charge in [0.15, 0.2) is 0 Å². The lowest BCUT2D eigenvalue weighted by atomic mass is 9.73. The van der Waals surface area contributed by atoms with E-state index in [4.69, 9.17) is 8.85 Å². The molecule has 0 unspecified atom stereocenters. The first-order valence-electron chi connectivity index (χ1n) is 14.6. The Kier molecular flexibility index (Phi) is 20.1. The Morgan fingerprint density at radius 2 is 0.853 bits per heavy atom. The Labute approximate surface area is 216 Å². The predicted molar refractivity (Wildman–Crippen MR) is 153 cm³/mol. The molecule has 5 nitrogen and oxygen atoms in total. The van der Waals surface area contributed by atoms with Gasteiger partial charge in [0.25, 0.3) is 0 Å². The van der Waals surface area contributed by atoms with Gasteiger partial charge in [0.1, 0.15) is 0 Å². The van der Waals surface area contributed by atoms with Crippen molar-refractivity contribution in [2.24, 2.45) is 5.41 Å². The first-order chi connectivity index (χ1) is 16.4. The van der Waals surface area contributed by atoms with Crippen LogP contribution in [-0.4, -0.2) is 96.4 Å². The lowest BCUT2D eigenvalue weighted by Crippen LogP contribution is -2.41. The summed E-state index contributed by atoms with van der Waals surface area (Å²) >= 11 is 0. The molecule has 206 valence electrons. The lowest BCUT2D eigenvalue weighted by Gasteiger charge is -2.39. The molecule has 0 spiro atoms. The summed E-state index contributed by atoms with van der Waals surface area (Å²) in [6.07, 6.45) is 9.17. The lowest BCUT2D eigenvalue weighted by molar-refractivity contribution is 0.149. The van der Waals surface area contributed by atoms with Crippen molar-refractivity contribution in [1.82, 2.24) is 14.7 Å². The van der Waals surface area contributed by atoms with Crippen LogP contribution >= 0.6 is 0 Å². The van der Waals surface area contributed by atoms with Crippen LogP contribution in [0.5, 0.6) is 0 Å². The van der Waals surface area contributed by atoms with E-state index >= 15 is 0 Å². The number of rotatable bonds is 24. The topological polar surface area (TPSA) is 28.2 Å². The number of hydrogen-bond donors (Lipinski definition) is 0. The highest BCUT2D eigenvalue weighted by Crippen LogP contribution is 2.42. The Morgan fingerprint density at radius 1 is 0.529 bits per heavy atom. The summed E-state index contributed by atoms with van der Waals surface area (Å²) in [5.41, 5.74) is 0.401. The molecule has 0 aromatic rings. The highest BCUT2D eigenvalue weighted by atomic mass is 28.4. The van der Waals surface area contributed by atoms with Crippen molar-refractivity contribution in [2.75, 3.05) is 73.1 Å². The molecule has 0 radical (unpaired) electrons. The highest BCUT2D eigenvalue weighted by molar-refractivity contribution is 6.67. The van der Waals surface area contributed by atoms with E-state index < -0.39 is 8.56 Å². The van der Waals surface area contributed by atoms with Gasteiger partial charge in [-0.2, -0.15) is 0 Å². The molecule has 0 aliphatic heterocycles. The van der Waals surface area contributed by atoms with Gasteiger partial charge in [0.2, 0.25) is 0 Å². The molecule has 0 bridgehead atoms.